The summed E-state index contributed by atoms with van der Waals surface area (Å²) in [5, 5.41) is 16.7. The zero-order chi connectivity index (χ0) is 23.4. The SMILES string of the molecule is Cc1ccccc1OCC(=O)Nc1c(C(=O)Nc2ccc([N+](=O)[O-])cc2)oc2ccccc12. The van der Waals surface area contributed by atoms with E-state index in [1.807, 2.05) is 25.1 Å². The number of carbonyl (C=O) groups excluding carboxylic acids is 2. The fraction of sp³-hybridized carbons (Fsp3) is 0.0833. The first-order valence-corrected chi connectivity index (χ1v) is 9.98. The van der Waals surface area contributed by atoms with Crippen LogP contribution in [-0.4, -0.2) is 23.3 Å². The van der Waals surface area contributed by atoms with Crippen molar-refractivity contribution < 1.29 is 23.7 Å². The number of para-hydroxylation sites is 2. The smallest absolute Gasteiger partial charge is 0.293 e. The summed E-state index contributed by atoms with van der Waals surface area (Å²) >= 11 is 0. The van der Waals surface area contributed by atoms with E-state index in [2.05, 4.69) is 10.6 Å². The number of fused-ring (bicyclic) bond motifs is 1. The number of amides is 2. The van der Waals surface area contributed by atoms with Gasteiger partial charge in [-0.25, -0.2) is 0 Å². The van der Waals surface area contributed by atoms with Crippen LogP contribution in [0.3, 0.4) is 0 Å². The number of hydrogen-bond acceptors (Lipinski definition) is 6. The maximum absolute atomic E-state index is 12.9. The summed E-state index contributed by atoms with van der Waals surface area (Å²) in [6.45, 7) is 1.62. The molecule has 1 heterocycles. The number of benzene rings is 3. The predicted octanol–water partition coefficient (Wildman–Crippen LogP) is 4.92. The number of rotatable bonds is 7. The number of ether oxygens (including phenoxy) is 1. The van der Waals surface area contributed by atoms with Gasteiger partial charge in [0.25, 0.3) is 17.5 Å². The molecule has 33 heavy (non-hydrogen) atoms. The summed E-state index contributed by atoms with van der Waals surface area (Å²) in [5.74, 6) is -0.594. The van der Waals surface area contributed by atoms with Gasteiger partial charge in [0, 0.05) is 23.2 Å². The van der Waals surface area contributed by atoms with Gasteiger partial charge < -0.3 is 19.8 Å². The standard InChI is InChI=1S/C24H19N3O6/c1-15-6-2-4-8-19(15)32-14-21(28)26-22-18-7-3-5-9-20(18)33-23(22)24(29)25-16-10-12-17(13-11-16)27(30)31/h2-13H,14H2,1H3,(H,25,29)(H,26,28). The minimum Gasteiger partial charge on any atom is -0.483 e. The molecule has 0 aliphatic rings. The van der Waals surface area contributed by atoms with Crippen molar-refractivity contribution in [2.45, 2.75) is 6.92 Å². The molecule has 0 aliphatic heterocycles. The third-order valence-corrected chi connectivity index (χ3v) is 4.85. The summed E-state index contributed by atoms with van der Waals surface area (Å²) in [6, 6.07) is 19.6. The average Bonchev–Trinajstić information content (AvgIpc) is 3.17. The molecular formula is C24H19N3O6. The van der Waals surface area contributed by atoms with Gasteiger partial charge in [-0.05, 0) is 42.8 Å². The maximum Gasteiger partial charge on any atom is 0.293 e. The number of nitrogens with zero attached hydrogens (tertiary/aromatic N) is 1. The minimum atomic E-state index is -0.616. The first kappa shape index (κ1) is 21.6. The molecule has 0 radical (unpaired) electrons. The van der Waals surface area contributed by atoms with Gasteiger partial charge in [0.15, 0.2) is 6.61 Å². The van der Waals surface area contributed by atoms with Gasteiger partial charge in [-0.1, -0.05) is 30.3 Å². The molecule has 9 nitrogen and oxygen atoms in total. The highest BCUT2D eigenvalue weighted by Gasteiger charge is 2.23. The number of aryl methyl sites for hydroxylation is 1. The molecule has 0 saturated heterocycles. The highest BCUT2D eigenvalue weighted by Crippen LogP contribution is 2.31. The van der Waals surface area contributed by atoms with Gasteiger partial charge in [0.05, 0.1) is 4.92 Å². The Hall–Kier alpha value is -4.66. The van der Waals surface area contributed by atoms with Gasteiger partial charge in [0.2, 0.25) is 5.76 Å². The molecule has 0 spiro atoms. The lowest BCUT2D eigenvalue weighted by molar-refractivity contribution is -0.384. The third kappa shape index (κ3) is 4.82. The Bertz CT molecular complexity index is 1340. The molecule has 0 saturated carbocycles. The van der Waals surface area contributed by atoms with Gasteiger partial charge in [0.1, 0.15) is 17.0 Å². The van der Waals surface area contributed by atoms with E-state index < -0.39 is 16.7 Å². The second kappa shape index (κ2) is 9.23. The molecule has 4 aromatic rings. The van der Waals surface area contributed by atoms with E-state index in [0.29, 0.717) is 22.4 Å². The lowest BCUT2D eigenvalue weighted by atomic mass is 10.2. The van der Waals surface area contributed by atoms with Crippen LogP contribution in [-0.2, 0) is 4.79 Å². The number of hydrogen-bond donors (Lipinski definition) is 2. The molecule has 0 aliphatic carbocycles. The van der Waals surface area contributed by atoms with Gasteiger partial charge >= 0.3 is 0 Å². The van der Waals surface area contributed by atoms with E-state index in [1.54, 1.807) is 30.3 Å². The van der Waals surface area contributed by atoms with Crippen molar-refractivity contribution in [2.75, 3.05) is 17.2 Å². The molecule has 0 bridgehead atoms. The van der Waals surface area contributed by atoms with Crippen LogP contribution in [0.2, 0.25) is 0 Å². The zero-order valence-electron chi connectivity index (χ0n) is 17.5. The van der Waals surface area contributed by atoms with Crippen LogP contribution in [0.4, 0.5) is 17.1 Å². The summed E-state index contributed by atoms with van der Waals surface area (Å²) in [6.07, 6.45) is 0. The first-order chi connectivity index (χ1) is 15.9. The maximum atomic E-state index is 12.9. The molecule has 166 valence electrons. The lowest BCUT2D eigenvalue weighted by Crippen LogP contribution is -2.22. The normalized spacial score (nSPS) is 10.6. The molecule has 1 aromatic heterocycles. The Morgan fingerprint density at radius 1 is 0.970 bits per heavy atom. The molecule has 2 amide bonds. The van der Waals surface area contributed by atoms with Crippen LogP contribution < -0.4 is 15.4 Å². The van der Waals surface area contributed by atoms with E-state index in [0.717, 1.165) is 5.56 Å². The van der Waals surface area contributed by atoms with Crippen LogP contribution in [0.1, 0.15) is 16.1 Å². The first-order valence-electron chi connectivity index (χ1n) is 9.98. The Balaban J connectivity index is 1.55. The molecular weight excluding hydrogens is 426 g/mol. The van der Waals surface area contributed by atoms with Crippen LogP contribution in [0.5, 0.6) is 5.75 Å². The number of nitro benzene ring substituents is 1. The molecule has 4 rings (SSSR count). The van der Waals surface area contributed by atoms with E-state index in [-0.39, 0.29) is 23.7 Å². The number of carbonyl (C=O) groups is 2. The summed E-state index contributed by atoms with van der Waals surface area (Å²) in [7, 11) is 0. The van der Waals surface area contributed by atoms with Crippen molar-refractivity contribution in [2.24, 2.45) is 0 Å². The molecule has 2 N–H and O–H groups in total. The zero-order valence-corrected chi connectivity index (χ0v) is 17.5. The van der Waals surface area contributed by atoms with Crippen molar-refractivity contribution in [3.63, 3.8) is 0 Å². The van der Waals surface area contributed by atoms with E-state index in [9.17, 15) is 19.7 Å². The van der Waals surface area contributed by atoms with Crippen molar-refractivity contribution in [3.05, 3.63) is 94.2 Å². The van der Waals surface area contributed by atoms with Gasteiger partial charge in [-0.2, -0.15) is 0 Å². The third-order valence-electron chi connectivity index (χ3n) is 4.85. The molecule has 0 atom stereocenters. The number of anilines is 2. The van der Waals surface area contributed by atoms with Crippen molar-refractivity contribution in [3.8, 4) is 5.75 Å². The second-order valence-electron chi connectivity index (χ2n) is 7.16. The van der Waals surface area contributed by atoms with Crippen molar-refractivity contribution in [1.82, 2.24) is 0 Å². The van der Waals surface area contributed by atoms with Crippen molar-refractivity contribution >= 4 is 39.8 Å². The molecule has 3 aromatic carbocycles. The number of nitro groups is 1. The Morgan fingerprint density at radius 2 is 1.67 bits per heavy atom. The Kier molecular flexibility index (Phi) is 6.03. The number of furan rings is 1. The summed E-state index contributed by atoms with van der Waals surface area (Å²) in [4.78, 5) is 35.8. The Morgan fingerprint density at radius 3 is 2.39 bits per heavy atom. The van der Waals surface area contributed by atoms with E-state index in [4.69, 9.17) is 9.15 Å². The second-order valence-corrected chi connectivity index (χ2v) is 7.16. The van der Waals surface area contributed by atoms with Gasteiger partial charge in [-0.3, -0.25) is 19.7 Å². The average molecular weight is 445 g/mol. The van der Waals surface area contributed by atoms with Crippen LogP contribution in [0.25, 0.3) is 11.0 Å². The van der Waals surface area contributed by atoms with Crippen LogP contribution in [0.15, 0.2) is 77.2 Å². The number of nitrogens with one attached hydrogen (secondary N) is 2. The topological polar surface area (TPSA) is 124 Å². The van der Waals surface area contributed by atoms with Gasteiger partial charge in [-0.15, -0.1) is 0 Å². The van der Waals surface area contributed by atoms with Crippen LogP contribution >= 0.6 is 0 Å². The molecule has 0 unspecified atom stereocenters. The highest BCUT2D eigenvalue weighted by atomic mass is 16.6. The largest absolute Gasteiger partial charge is 0.483 e. The monoisotopic (exact) mass is 445 g/mol. The summed E-state index contributed by atoms with van der Waals surface area (Å²) < 4.78 is 11.3. The summed E-state index contributed by atoms with van der Waals surface area (Å²) in [5.41, 5.74) is 1.76. The molecule has 0 fully saturated rings. The van der Waals surface area contributed by atoms with Crippen LogP contribution in [0, 0.1) is 17.0 Å². The lowest BCUT2D eigenvalue weighted by Gasteiger charge is -2.10. The minimum absolute atomic E-state index is 0.0983. The Labute approximate surface area is 188 Å². The predicted molar refractivity (Wildman–Crippen MR) is 123 cm³/mol. The van der Waals surface area contributed by atoms with E-state index in [1.165, 1.54) is 24.3 Å². The number of non-ortho nitro benzene ring substituents is 1. The fourth-order valence-corrected chi connectivity index (χ4v) is 3.22. The highest BCUT2D eigenvalue weighted by molar-refractivity contribution is 6.14. The fourth-order valence-electron chi connectivity index (χ4n) is 3.22. The van der Waals surface area contributed by atoms with Crippen molar-refractivity contribution in [1.29, 1.82) is 0 Å². The quantitative estimate of drug-likeness (QED) is 0.307. The molecule has 9 heteroatoms. The van der Waals surface area contributed by atoms with E-state index >= 15 is 0 Å².